The molecule has 1 nitrogen and oxygen atoms in total. The number of fused-ring (bicyclic) bond motifs is 6. The maximum absolute atomic E-state index is 3.58. The average molecular weight is 633 g/mol. The molecule has 44 heavy (non-hydrogen) atoms. The Morgan fingerprint density at radius 1 is 0.455 bits per heavy atom. The number of rotatable bonds is 4. The Bertz CT molecular complexity index is 2070. The Hall–Kier alpha value is -4.40. The summed E-state index contributed by atoms with van der Waals surface area (Å²) in [4.78, 5) is 2.47. The normalized spacial score (nSPS) is 14.8. The number of anilines is 3. The zero-order valence-electron chi connectivity index (χ0n) is 25.5. The summed E-state index contributed by atoms with van der Waals surface area (Å²) in [5.74, 6) is 0. The topological polar surface area (TPSA) is 3.24 Å². The van der Waals surface area contributed by atoms with Gasteiger partial charge in [-0.25, -0.2) is 0 Å². The lowest BCUT2D eigenvalue weighted by Crippen LogP contribution is -2.17. The molecule has 6 aromatic carbocycles. The first-order valence-electron chi connectivity index (χ1n) is 15.4. The fourth-order valence-electron chi connectivity index (χ4n) is 7.63. The van der Waals surface area contributed by atoms with E-state index in [9.17, 15) is 0 Å². The summed E-state index contributed by atoms with van der Waals surface area (Å²) >= 11 is 3.58. The first-order valence-corrected chi connectivity index (χ1v) is 16.2. The van der Waals surface area contributed by atoms with E-state index in [0.717, 1.165) is 10.2 Å². The number of benzene rings is 6. The Labute approximate surface area is 269 Å². The summed E-state index contributed by atoms with van der Waals surface area (Å²) in [7, 11) is 0. The van der Waals surface area contributed by atoms with Gasteiger partial charge in [0.1, 0.15) is 0 Å². The second-order valence-corrected chi connectivity index (χ2v) is 14.1. The number of halogens is 1. The SMILES string of the molecule is CC1(C)c2ccccc2-c2ccc(N(c3ccc(-c4ccc(Br)cc4)cc3)c3cccc4c3-c3ccccc3C4(C)C)cc21. The molecule has 0 heterocycles. The molecule has 0 saturated heterocycles. The van der Waals surface area contributed by atoms with Gasteiger partial charge < -0.3 is 4.90 Å². The third kappa shape index (κ3) is 3.97. The van der Waals surface area contributed by atoms with E-state index in [0.29, 0.717) is 0 Å². The van der Waals surface area contributed by atoms with Gasteiger partial charge >= 0.3 is 0 Å². The molecule has 0 amide bonds. The molecule has 0 spiro atoms. The third-order valence-electron chi connectivity index (χ3n) is 9.95. The van der Waals surface area contributed by atoms with Crippen molar-refractivity contribution in [3.63, 3.8) is 0 Å². The number of nitrogens with zero attached hydrogens (tertiary/aromatic N) is 1. The summed E-state index contributed by atoms with van der Waals surface area (Å²) < 4.78 is 1.09. The van der Waals surface area contributed by atoms with Crippen LogP contribution in [0.3, 0.4) is 0 Å². The third-order valence-corrected chi connectivity index (χ3v) is 10.5. The summed E-state index contributed by atoms with van der Waals surface area (Å²) in [6.45, 7) is 9.43. The van der Waals surface area contributed by atoms with Crippen LogP contribution in [0, 0.1) is 0 Å². The smallest absolute Gasteiger partial charge is 0.0543 e. The van der Waals surface area contributed by atoms with Gasteiger partial charge in [0.25, 0.3) is 0 Å². The van der Waals surface area contributed by atoms with Crippen LogP contribution >= 0.6 is 15.9 Å². The Kier molecular flexibility index (Phi) is 6.06. The summed E-state index contributed by atoms with van der Waals surface area (Å²) in [5, 5.41) is 0. The van der Waals surface area contributed by atoms with Crippen LogP contribution in [0.4, 0.5) is 17.1 Å². The molecule has 214 valence electrons. The van der Waals surface area contributed by atoms with E-state index in [1.807, 2.05) is 0 Å². The van der Waals surface area contributed by atoms with Crippen molar-refractivity contribution in [1.29, 1.82) is 0 Å². The van der Waals surface area contributed by atoms with Gasteiger partial charge in [0.05, 0.1) is 5.69 Å². The van der Waals surface area contributed by atoms with Crippen LogP contribution in [0.5, 0.6) is 0 Å². The van der Waals surface area contributed by atoms with Gasteiger partial charge in [-0.2, -0.15) is 0 Å². The summed E-state index contributed by atoms with van der Waals surface area (Å²) in [6, 6.07) is 49.3. The van der Waals surface area contributed by atoms with E-state index in [1.165, 1.54) is 67.0 Å². The van der Waals surface area contributed by atoms with Gasteiger partial charge in [0, 0.05) is 32.2 Å². The van der Waals surface area contributed by atoms with Gasteiger partial charge in [-0.05, 0) is 92.5 Å². The van der Waals surface area contributed by atoms with E-state index < -0.39 is 0 Å². The maximum atomic E-state index is 3.58. The van der Waals surface area contributed by atoms with Crippen molar-refractivity contribution >= 4 is 33.0 Å². The second kappa shape index (κ2) is 9.81. The Balaban J connectivity index is 1.34. The predicted octanol–water partition coefficient (Wildman–Crippen LogP) is 12.2. The fraction of sp³-hybridized carbons (Fsp3) is 0.143. The molecular formula is C42H34BrN. The minimum Gasteiger partial charge on any atom is -0.310 e. The van der Waals surface area contributed by atoms with Crippen molar-refractivity contribution in [1.82, 2.24) is 0 Å². The minimum atomic E-state index is -0.0771. The molecule has 2 heteroatoms. The van der Waals surface area contributed by atoms with Crippen molar-refractivity contribution in [2.75, 3.05) is 4.90 Å². The Morgan fingerprint density at radius 3 is 1.68 bits per heavy atom. The molecule has 0 fully saturated rings. The van der Waals surface area contributed by atoms with Crippen LogP contribution in [0.15, 0.2) is 138 Å². The van der Waals surface area contributed by atoms with E-state index in [1.54, 1.807) is 0 Å². The molecule has 0 aromatic heterocycles. The quantitative estimate of drug-likeness (QED) is 0.187. The van der Waals surface area contributed by atoms with Crippen molar-refractivity contribution in [3.05, 3.63) is 160 Å². The molecular weight excluding hydrogens is 598 g/mol. The van der Waals surface area contributed by atoms with E-state index >= 15 is 0 Å². The monoisotopic (exact) mass is 631 g/mol. The molecule has 0 bridgehead atoms. The van der Waals surface area contributed by atoms with Gasteiger partial charge in [-0.1, -0.05) is 135 Å². The molecule has 0 N–H and O–H groups in total. The molecule has 0 radical (unpaired) electrons. The van der Waals surface area contributed by atoms with Crippen LogP contribution in [0.2, 0.25) is 0 Å². The van der Waals surface area contributed by atoms with E-state index in [2.05, 4.69) is 182 Å². The van der Waals surface area contributed by atoms with Crippen molar-refractivity contribution < 1.29 is 0 Å². The van der Waals surface area contributed by atoms with Gasteiger partial charge in [0.2, 0.25) is 0 Å². The largest absolute Gasteiger partial charge is 0.310 e. The van der Waals surface area contributed by atoms with E-state index in [-0.39, 0.29) is 10.8 Å². The standard InChI is InChI=1S/C42H34BrN/c1-41(2)36-13-8-6-11-34(36)40-37(41)14-9-15-39(40)44(30-22-18-28(19-23-30)27-16-20-29(43)21-17-27)31-24-25-33-32-10-5-7-12-35(32)42(3,4)38(33)26-31/h5-26H,1-4H3. The van der Waals surface area contributed by atoms with Gasteiger partial charge in [0.15, 0.2) is 0 Å². The molecule has 0 saturated carbocycles. The zero-order chi connectivity index (χ0) is 30.2. The zero-order valence-corrected chi connectivity index (χ0v) is 27.1. The van der Waals surface area contributed by atoms with Crippen molar-refractivity contribution in [2.45, 2.75) is 38.5 Å². The molecule has 0 atom stereocenters. The highest BCUT2D eigenvalue weighted by Gasteiger charge is 2.39. The first kappa shape index (κ1) is 27.2. The van der Waals surface area contributed by atoms with Crippen LogP contribution in [0.25, 0.3) is 33.4 Å². The molecule has 0 aliphatic heterocycles. The lowest BCUT2D eigenvalue weighted by atomic mass is 9.82. The predicted molar refractivity (Wildman–Crippen MR) is 189 cm³/mol. The molecule has 2 aliphatic carbocycles. The molecule has 8 rings (SSSR count). The number of hydrogen-bond donors (Lipinski definition) is 0. The van der Waals surface area contributed by atoms with Gasteiger partial charge in [-0.3, -0.25) is 0 Å². The number of hydrogen-bond acceptors (Lipinski definition) is 1. The van der Waals surface area contributed by atoms with Crippen molar-refractivity contribution in [2.24, 2.45) is 0 Å². The lowest BCUT2D eigenvalue weighted by Gasteiger charge is -2.30. The Morgan fingerprint density at radius 2 is 0.977 bits per heavy atom. The lowest BCUT2D eigenvalue weighted by molar-refractivity contribution is 0.660. The average Bonchev–Trinajstić information content (AvgIpc) is 3.42. The molecule has 6 aromatic rings. The van der Waals surface area contributed by atoms with E-state index in [4.69, 9.17) is 0 Å². The van der Waals surface area contributed by atoms with Crippen LogP contribution in [0.1, 0.15) is 49.9 Å². The van der Waals surface area contributed by atoms with Crippen molar-refractivity contribution in [3.8, 4) is 33.4 Å². The second-order valence-electron chi connectivity index (χ2n) is 13.2. The summed E-state index contributed by atoms with van der Waals surface area (Å²) in [5.41, 5.74) is 16.7. The van der Waals surface area contributed by atoms with Crippen LogP contribution < -0.4 is 4.90 Å². The highest BCUT2D eigenvalue weighted by Crippen LogP contribution is 2.55. The van der Waals surface area contributed by atoms with Crippen LogP contribution in [-0.2, 0) is 10.8 Å². The highest BCUT2D eigenvalue weighted by atomic mass is 79.9. The van der Waals surface area contributed by atoms with Crippen LogP contribution in [-0.4, -0.2) is 0 Å². The molecule has 0 unspecified atom stereocenters. The first-order chi connectivity index (χ1) is 21.2. The highest BCUT2D eigenvalue weighted by molar-refractivity contribution is 9.10. The maximum Gasteiger partial charge on any atom is 0.0543 e. The van der Waals surface area contributed by atoms with Gasteiger partial charge in [-0.15, -0.1) is 0 Å². The fourth-order valence-corrected chi connectivity index (χ4v) is 7.89. The summed E-state index contributed by atoms with van der Waals surface area (Å²) in [6.07, 6.45) is 0. The molecule has 2 aliphatic rings. The minimum absolute atomic E-state index is 0.0688.